The highest BCUT2D eigenvalue weighted by Gasteiger charge is 2.60. The summed E-state index contributed by atoms with van der Waals surface area (Å²) in [6, 6.07) is 0. The zero-order valence-corrected chi connectivity index (χ0v) is 9.38. The first kappa shape index (κ1) is 10.7. The molecule has 4 nitrogen and oxygen atoms in total. The van der Waals surface area contributed by atoms with Gasteiger partial charge >= 0.3 is 5.97 Å². The third-order valence-corrected chi connectivity index (χ3v) is 4.46. The van der Waals surface area contributed by atoms with Crippen LogP contribution in [0.15, 0.2) is 5.16 Å². The first-order valence-electron chi connectivity index (χ1n) is 5.05. The number of oxime groups is 1. The lowest BCUT2D eigenvalue weighted by atomic mass is 9.82. The Morgan fingerprint density at radius 3 is 2.33 bits per heavy atom. The SMILES string of the molecule is COC(=O)C12CCC(/C(Cl)=N\O)(CC1)C2. The van der Waals surface area contributed by atoms with Crippen LogP contribution in [0.3, 0.4) is 0 Å². The highest BCUT2D eigenvalue weighted by atomic mass is 35.5. The molecular weight excluding hydrogens is 218 g/mol. The summed E-state index contributed by atoms with van der Waals surface area (Å²) in [5.41, 5.74) is -0.649. The quantitative estimate of drug-likeness (QED) is 0.343. The molecule has 0 aromatic rings. The zero-order chi connectivity index (χ0) is 11.1. The molecule has 0 saturated heterocycles. The molecule has 0 heterocycles. The van der Waals surface area contributed by atoms with E-state index >= 15 is 0 Å². The van der Waals surface area contributed by atoms with Gasteiger partial charge in [0.05, 0.1) is 12.5 Å². The molecule has 0 aliphatic heterocycles. The minimum atomic E-state index is -0.375. The zero-order valence-electron chi connectivity index (χ0n) is 8.62. The lowest BCUT2D eigenvalue weighted by Gasteiger charge is -2.24. The van der Waals surface area contributed by atoms with Crippen molar-refractivity contribution in [2.24, 2.45) is 16.0 Å². The normalized spacial score (nSPS) is 39.5. The van der Waals surface area contributed by atoms with Crippen LogP contribution in [0, 0.1) is 10.8 Å². The Hall–Kier alpha value is -0.770. The minimum Gasteiger partial charge on any atom is -0.469 e. The number of nitrogens with zero attached hydrogens (tertiary/aromatic N) is 1. The van der Waals surface area contributed by atoms with Crippen molar-refractivity contribution in [1.82, 2.24) is 0 Å². The molecule has 0 unspecified atom stereocenters. The summed E-state index contributed by atoms with van der Waals surface area (Å²) in [7, 11) is 1.41. The summed E-state index contributed by atoms with van der Waals surface area (Å²) in [5.74, 6) is -0.149. The van der Waals surface area contributed by atoms with Gasteiger partial charge in [-0.2, -0.15) is 0 Å². The van der Waals surface area contributed by atoms with E-state index in [9.17, 15) is 4.79 Å². The van der Waals surface area contributed by atoms with Crippen molar-refractivity contribution in [3.8, 4) is 0 Å². The topological polar surface area (TPSA) is 58.9 Å². The van der Waals surface area contributed by atoms with Gasteiger partial charge in [-0.25, -0.2) is 0 Å². The summed E-state index contributed by atoms with van der Waals surface area (Å²) in [4.78, 5) is 11.7. The van der Waals surface area contributed by atoms with Crippen molar-refractivity contribution in [2.45, 2.75) is 32.1 Å². The number of ether oxygens (including phenoxy) is 1. The Bertz CT molecular complexity index is 319. The number of hydrogen-bond donors (Lipinski definition) is 1. The molecule has 84 valence electrons. The van der Waals surface area contributed by atoms with Crippen molar-refractivity contribution in [1.29, 1.82) is 0 Å². The second-order valence-electron chi connectivity index (χ2n) is 4.62. The maximum Gasteiger partial charge on any atom is 0.311 e. The number of carbonyl (C=O) groups is 1. The lowest BCUT2D eigenvalue weighted by Crippen LogP contribution is -2.27. The molecule has 0 aromatic heterocycles. The van der Waals surface area contributed by atoms with Crippen LogP contribution in [-0.4, -0.2) is 23.5 Å². The van der Waals surface area contributed by atoms with Crippen molar-refractivity contribution < 1.29 is 14.7 Å². The Balaban J connectivity index is 2.25. The van der Waals surface area contributed by atoms with E-state index in [4.69, 9.17) is 21.5 Å². The summed E-state index contributed by atoms with van der Waals surface area (Å²) < 4.78 is 4.83. The van der Waals surface area contributed by atoms with E-state index in [0.29, 0.717) is 6.42 Å². The predicted octanol–water partition coefficient (Wildman–Crippen LogP) is 2.14. The van der Waals surface area contributed by atoms with Gasteiger partial charge in [-0.05, 0) is 32.1 Å². The predicted molar refractivity (Wildman–Crippen MR) is 55.0 cm³/mol. The number of rotatable bonds is 2. The largest absolute Gasteiger partial charge is 0.469 e. The van der Waals surface area contributed by atoms with Crippen molar-refractivity contribution in [3.05, 3.63) is 0 Å². The average Bonchev–Trinajstić information content (AvgIpc) is 2.85. The molecule has 2 aliphatic rings. The Morgan fingerprint density at radius 2 is 1.87 bits per heavy atom. The van der Waals surface area contributed by atoms with Gasteiger partial charge in [-0.3, -0.25) is 4.79 Å². The van der Waals surface area contributed by atoms with Gasteiger partial charge in [0.1, 0.15) is 0 Å². The number of methoxy groups -OCH3 is 1. The molecule has 2 bridgehead atoms. The van der Waals surface area contributed by atoms with Crippen LogP contribution >= 0.6 is 11.6 Å². The minimum absolute atomic E-state index is 0.149. The van der Waals surface area contributed by atoms with Gasteiger partial charge in [0.15, 0.2) is 5.17 Å². The fourth-order valence-electron chi connectivity index (χ4n) is 3.09. The second kappa shape index (κ2) is 3.37. The van der Waals surface area contributed by atoms with E-state index in [-0.39, 0.29) is 22.0 Å². The maximum absolute atomic E-state index is 11.7. The highest BCUT2D eigenvalue weighted by molar-refractivity contribution is 6.66. The van der Waals surface area contributed by atoms with Gasteiger partial charge in [0.2, 0.25) is 0 Å². The van der Waals surface area contributed by atoms with Crippen LogP contribution in [0.4, 0.5) is 0 Å². The van der Waals surface area contributed by atoms with Crippen molar-refractivity contribution in [2.75, 3.05) is 7.11 Å². The fourth-order valence-corrected chi connectivity index (χ4v) is 3.34. The van der Waals surface area contributed by atoms with Crippen LogP contribution < -0.4 is 0 Å². The van der Waals surface area contributed by atoms with E-state index in [1.165, 1.54) is 7.11 Å². The van der Waals surface area contributed by atoms with Crippen LogP contribution in [0.2, 0.25) is 0 Å². The maximum atomic E-state index is 11.7. The van der Waals surface area contributed by atoms with Gasteiger partial charge in [0, 0.05) is 5.41 Å². The molecule has 0 aromatic carbocycles. The molecular formula is C10H14ClNO3. The number of halogens is 1. The summed E-state index contributed by atoms with van der Waals surface area (Å²) in [6.07, 6.45) is 3.85. The van der Waals surface area contributed by atoms with Crippen molar-refractivity contribution >= 4 is 22.7 Å². The molecule has 0 spiro atoms. The third kappa shape index (κ3) is 1.34. The van der Waals surface area contributed by atoms with E-state index in [2.05, 4.69) is 5.16 Å². The van der Waals surface area contributed by atoms with Crippen LogP contribution in [-0.2, 0) is 9.53 Å². The molecule has 0 atom stereocenters. The molecule has 2 fully saturated rings. The lowest BCUT2D eigenvalue weighted by molar-refractivity contribution is -0.152. The van der Waals surface area contributed by atoms with Gasteiger partial charge in [-0.15, -0.1) is 0 Å². The van der Waals surface area contributed by atoms with E-state index in [0.717, 1.165) is 25.7 Å². The summed E-state index contributed by atoms with van der Waals surface area (Å²) in [5, 5.41) is 12.1. The van der Waals surface area contributed by atoms with Crippen LogP contribution in [0.25, 0.3) is 0 Å². The molecule has 2 rings (SSSR count). The van der Waals surface area contributed by atoms with Crippen LogP contribution in [0.5, 0.6) is 0 Å². The average molecular weight is 232 g/mol. The molecule has 5 heteroatoms. The van der Waals surface area contributed by atoms with Crippen molar-refractivity contribution in [3.63, 3.8) is 0 Å². The third-order valence-electron chi connectivity index (χ3n) is 3.98. The molecule has 0 radical (unpaired) electrons. The summed E-state index contributed by atoms with van der Waals surface area (Å²) >= 11 is 5.91. The van der Waals surface area contributed by atoms with E-state index in [1.54, 1.807) is 0 Å². The Labute approximate surface area is 93.2 Å². The standard InChI is InChI=1S/C10H14ClNO3/c1-15-8(13)10-4-2-9(6-10,3-5-10)7(11)12-14/h14H,2-6H2,1H3/b12-7+. The van der Waals surface area contributed by atoms with Gasteiger partial charge < -0.3 is 9.94 Å². The van der Waals surface area contributed by atoms with Crippen LogP contribution in [0.1, 0.15) is 32.1 Å². The Morgan fingerprint density at radius 1 is 1.33 bits per heavy atom. The molecule has 15 heavy (non-hydrogen) atoms. The Kier molecular flexibility index (Phi) is 2.41. The molecule has 0 amide bonds. The monoisotopic (exact) mass is 231 g/mol. The van der Waals surface area contributed by atoms with Gasteiger partial charge in [0.25, 0.3) is 0 Å². The molecule has 2 aliphatic carbocycles. The number of esters is 1. The smallest absolute Gasteiger partial charge is 0.311 e. The summed E-state index contributed by atoms with van der Waals surface area (Å²) in [6.45, 7) is 0. The fraction of sp³-hybridized carbons (Fsp3) is 0.800. The number of fused-ring (bicyclic) bond motifs is 2. The number of hydrogen-bond acceptors (Lipinski definition) is 4. The highest BCUT2D eigenvalue weighted by Crippen LogP contribution is 2.62. The number of carbonyl (C=O) groups excluding carboxylic acids is 1. The first-order valence-corrected chi connectivity index (χ1v) is 5.43. The molecule has 1 N–H and O–H groups in total. The first-order chi connectivity index (χ1) is 7.08. The van der Waals surface area contributed by atoms with E-state index < -0.39 is 0 Å². The van der Waals surface area contributed by atoms with E-state index in [1.807, 2.05) is 0 Å². The van der Waals surface area contributed by atoms with Gasteiger partial charge in [-0.1, -0.05) is 16.8 Å². The second-order valence-corrected chi connectivity index (χ2v) is 4.98. The molecule has 2 saturated carbocycles.